The van der Waals surface area contributed by atoms with Crippen molar-refractivity contribution in [2.24, 2.45) is 5.73 Å². The van der Waals surface area contributed by atoms with Crippen LogP contribution in [-0.4, -0.2) is 30.3 Å². The van der Waals surface area contributed by atoms with Gasteiger partial charge < -0.3 is 5.73 Å². The van der Waals surface area contributed by atoms with Crippen molar-refractivity contribution < 1.29 is 8.42 Å². The smallest absolute Gasteiger partial charge is 0.260 e. The third-order valence-corrected chi connectivity index (χ3v) is 5.84. The molecule has 1 aliphatic carbocycles. The molecule has 0 atom stereocenters. The van der Waals surface area contributed by atoms with Gasteiger partial charge in [0.15, 0.2) is 5.03 Å². The second-order valence-electron chi connectivity index (χ2n) is 5.21. The summed E-state index contributed by atoms with van der Waals surface area (Å²) >= 11 is 0. The van der Waals surface area contributed by atoms with E-state index in [1.54, 1.807) is 22.6 Å². The summed E-state index contributed by atoms with van der Waals surface area (Å²) in [6.07, 6.45) is 6.87. The molecule has 0 aliphatic heterocycles. The molecular formula is C14H23N3O2S. The first-order valence-electron chi connectivity index (χ1n) is 7.26. The van der Waals surface area contributed by atoms with Crippen LogP contribution in [0.1, 0.15) is 44.6 Å². The summed E-state index contributed by atoms with van der Waals surface area (Å²) < 4.78 is 27.0. The van der Waals surface area contributed by atoms with Gasteiger partial charge in [0.25, 0.3) is 10.0 Å². The molecule has 0 bridgehead atoms. The van der Waals surface area contributed by atoms with E-state index >= 15 is 0 Å². The first kappa shape index (κ1) is 15.4. The van der Waals surface area contributed by atoms with E-state index in [0.29, 0.717) is 13.1 Å². The molecular weight excluding hydrogens is 274 g/mol. The quantitative estimate of drug-likeness (QED) is 0.900. The standard InChI is InChI=1S/C14H23N3O2S/c1-2-17(13-6-4-3-5-7-13)20(18,19)14-9-8-12(10-15)11-16-14/h8-9,11,13H,2-7,10,15H2,1H3. The highest BCUT2D eigenvalue weighted by atomic mass is 32.2. The second kappa shape index (κ2) is 6.65. The minimum atomic E-state index is -3.49. The van der Waals surface area contributed by atoms with Crippen molar-refractivity contribution in [3.63, 3.8) is 0 Å². The molecule has 1 saturated carbocycles. The molecule has 1 aromatic rings. The third-order valence-electron chi connectivity index (χ3n) is 3.90. The van der Waals surface area contributed by atoms with E-state index in [2.05, 4.69) is 4.98 Å². The maximum atomic E-state index is 12.7. The summed E-state index contributed by atoms with van der Waals surface area (Å²) in [7, 11) is -3.49. The number of hydrogen-bond acceptors (Lipinski definition) is 4. The van der Waals surface area contributed by atoms with Gasteiger partial charge in [0, 0.05) is 25.3 Å². The fraction of sp³-hybridized carbons (Fsp3) is 0.643. The largest absolute Gasteiger partial charge is 0.326 e. The van der Waals surface area contributed by atoms with Crippen LogP contribution in [0.15, 0.2) is 23.4 Å². The Bertz CT molecular complexity index is 522. The lowest BCUT2D eigenvalue weighted by atomic mass is 9.95. The summed E-state index contributed by atoms with van der Waals surface area (Å²) in [4.78, 5) is 4.08. The molecule has 0 saturated heterocycles. The van der Waals surface area contributed by atoms with E-state index in [4.69, 9.17) is 5.73 Å². The van der Waals surface area contributed by atoms with Gasteiger partial charge in [-0.3, -0.25) is 0 Å². The Hall–Kier alpha value is -0.980. The van der Waals surface area contributed by atoms with Crippen LogP contribution in [0.5, 0.6) is 0 Å². The summed E-state index contributed by atoms with van der Waals surface area (Å²) in [5, 5.41) is 0.127. The molecule has 0 unspecified atom stereocenters. The predicted octanol–water partition coefficient (Wildman–Crippen LogP) is 1.88. The van der Waals surface area contributed by atoms with Crippen LogP contribution < -0.4 is 5.73 Å². The predicted molar refractivity (Wildman–Crippen MR) is 78.6 cm³/mol. The van der Waals surface area contributed by atoms with Crippen LogP contribution in [0.4, 0.5) is 0 Å². The lowest BCUT2D eigenvalue weighted by molar-refractivity contribution is 0.260. The molecule has 2 N–H and O–H groups in total. The lowest BCUT2D eigenvalue weighted by Crippen LogP contribution is -2.41. The van der Waals surface area contributed by atoms with Crippen molar-refractivity contribution in [3.8, 4) is 0 Å². The summed E-state index contributed by atoms with van der Waals surface area (Å²) in [6.45, 7) is 2.75. The van der Waals surface area contributed by atoms with Crippen molar-refractivity contribution in [1.29, 1.82) is 0 Å². The van der Waals surface area contributed by atoms with Crippen molar-refractivity contribution in [1.82, 2.24) is 9.29 Å². The van der Waals surface area contributed by atoms with Crippen LogP contribution in [-0.2, 0) is 16.6 Å². The Kier molecular flexibility index (Phi) is 5.12. The van der Waals surface area contributed by atoms with Gasteiger partial charge in [0.05, 0.1) is 0 Å². The van der Waals surface area contributed by atoms with Gasteiger partial charge in [-0.15, -0.1) is 0 Å². The van der Waals surface area contributed by atoms with E-state index in [9.17, 15) is 8.42 Å². The Balaban J connectivity index is 2.25. The van der Waals surface area contributed by atoms with E-state index < -0.39 is 10.0 Å². The fourth-order valence-electron chi connectivity index (χ4n) is 2.80. The molecule has 1 aliphatic rings. The van der Waals surface area contributed by atoms with Crippen molar-refractivity contribution >= 4 is 10.0 Å². The molecule has 0 radical (unpaired) electrons. The average Bonchev–Trinajstić information content (AvgIpc) is 2.49. The van der Waals surface area contributed by atoms with Crippen LogP contribution in [0.3, 0.4) is 0 Å². The highest BCUT2D eigenvalue weighted by Gasteiger charge is 2.31. The molecule has 112 valence electrons. The normalized spacial score (nSPS) is 17.6. The van der Waals surface area contributed by atoms with Gasteiger partial charge in [0.1, 0.15) is 0 Å². The maximum absolute atomic E-state index is 12.7. The van der Waals surface area contributed by atoms with Crippen molar-refractivity contribution in [2.75, 3.05) is 6.54 Å². The van der Waals surface area contributed by atoms with Crippen LogP contribution in [0, 0.1) is 0 Å². The number of sulfonamides is 1. The van der Waals surface area contributed by atoms with Crippen LogP contribution in [0.25, 0.3) is 0 Å². The van der Waals surface area contributed by atoms with Crippen molar-refractivity contribution in [2.45, 2.75) is 56.6 Å². The number of nitrogens with two attached hydrogens (primary N) is 1. The Labute approximate surface area is 121 Å². The van der Waals surface area contributed by atoms with Gasteiger partial charge in [-0.25, -0.2) is 13.4 Å². The Morgan fingerprint density at radius 3 is 2.50 bits per heavy atom. The average molecular weight is 297 g/mol. The number of pyridine rings is 1. The summed E-state index contributed by atoms with van der Waals surface area (Å²) in [5.74, 6) is 0. The Morgan fingerprint density at radius 2 is 2.00 bits per heavy atom. The summed E-state index contributed by atoms with van der Waals surface area (Å²) in [6, 6.07) is 3.41. The molecule has 1 fully saturated rings. The second-order valence-corrected chi connectivity index (χ2v) is 7.05. The minimum absolute atomic E-state index is 0.120. The topological polar surface area (TPSA) is 76.3 Å². The zero-order valence-corrected chi connectivity index (χ0v) is 12.8. The third kappa shape index (κ3) is 3.19. The number of rotatable bonds is 5. The highest BCUT2D eigenvalue weighted by molar-refractivity contribution is 7.89. The number of aromatic nitrogens is 1. The van der Waals surface area contributed by atoms with E-state index in [0.717, 1.165) is 31.2 Å². The first-order chi connectivity index (χ1) is 9.59. The number of hydrogen-bond donors (Lipinski definition) is 1. The SMILES string of the molecule is CCN(C1CCCCC1)S(=O)(=O)c1ccc(CN)cn1. The molecule has 0 amide bonds. The molecule has 5 nitrogen and oxygen atoms in total. The van der Waals surface area contributed by atoms with E-state index in [1.165, 1.54) is 6.42 Å². The molecule has 2 rings (SSSR count). The highest BCUT2D eigenvalue weighted by Crippen LogP contribution is 2.26. The van der Waals surface area contributed by atoms with Gasteiger partial charge in [-0.2, -0.15) is 4.31 Å². The zero-order chi connectivity index (χ0) is 14.6. The van der Waals surface area contributed by atoms with Gasteiger partial charge in [-0.1, -0.05) is 32.3 Å². The Morgan fingerprint density at radius 1 is 1.30 bits per heavy atom. The molecule has 0 aromatic carbocycles. The van der Waals surface area contributed by atoms with Crippen LogP contribution >= 0.6 is 0 Å². The van der Waals surface area contributed by atoms with Gasteiger partial charge in [-0.05, 0) is 24.5 Å². The molecule has 20 heavy (non-hydrogen) atoms. The maximum Gasteiger partial charge on any atom is 0.260 e. The van der Waals surface area contributed by atoms with Gasteiger partial charge in [0.2, 0.25) is 0 Å². The van der Waals surface area contributed by atoms with Crippen molar-refractivity contribution in [3.05, 3.63) is 23.9 Å². The number of nitrogens with zero attached hydrogens (tertiary/aromatic N) is 2. The monoisotopic (exact) mass is 297 g/mol. The zero-order valence-electron chi connectivity index (χ0n) is 12.0. The van der Waals surface area contributed by atoms with Crippen LogP contribution in [0.2, 0.25) is 0 Å². The van der Waals surface area contributed by atoms with E-state index in [1.807, 2.05) is 6.92 Å². The molecule has 0 spiro atoms. The minimum Gasteiger partial charge on any atom is -0.326 e. The van der Waals surface area contributed by atoms with E-state index in [-0.39, 0.29) is 11.1 Å². The lowest BCUT2D eigenvalue weighted by Gasteiger charge is -2.32. The first-order valence-corrected chi connectivity index (χ1v) is 8.70. The van der Waals surface area contributed by atoms with Gasteiger partial charge >= 0.3 is 0 Å². The molecule has 1 aromatic heterocycles. The summed E-state index contributed by atoms with van der Waals surface area (Å²) in [5.41, 5.74) is 6.35. The fourth-order valence-corrected chi connectivity index (χ4v) is 4.41. The molecule has 6 heteroatoms. The molecule has 1 heterocycles.